The van der Waals surface area contributed by atoms with Crippen LogP contribution in [0.25, 0.3) is 0 Å². The van der Waals surface area contributed by atoms with Crippen LogP contribution in [-0.2, 0) is 4.74 Å². The monoisotopic (exact) mass is 689 g/mol. The first-order valence-corrected chi connectivity index (χ1v) is 18.6. The van der Waals surface area contributed by atoms with E-state index in [1.165, 1.54) is 5.69 Å². The molecule has 4 rings (SSSR count). The molecule has 3 aromatic carbocycles. The lowest BCUT2D eigenvalue weighted by Gasteiger charge is -2.36. The maximum absolute atomic E-state index is 8.79. The molecule has 1 heterocycles. The van der Waals surface area contributed by atoms with Gasteiger partial charge in [-0.2, -0.15) is 0 Å². The van der Waals surface area contributed by atoms with Gasteiger partial charge in [0.1, 0.15) is 37.1 Å². The summed E-state index contributed by atoms with van der Waals surface area (Å²) in [4.78, 5) is 4.85. The van der Waals surface area contributed by atoms with Crippen molar-refractivity contribution in [1.29, 1.82) is 0 Å². The predicted octanol–water partition coefficient (Wildman–Crippen LogP) is 8.85. The van der Waals surface area contributed by atoms with Gasteiger partial charge >= 0.3 is 0 Å². The molecule has 1 saturated heterocycles. The predicted molar refractivity (Wildman–Crippen MR) is 211 cm³/mol. The van der Waals surface area contributed by atoms with Gasteiger partial charge < -0.3 is 34.1 Å². The van der Waals surface area contributed by atoms with Crippen LogP contribution in [0.15, 0.2) is 84.9 Å². The summed E-state index contributed by atoms with van der Waals surface area (Å²) in [5.41, 5.74) is 1.32. The zero-order chi connectivity index (χ0) is 37.4. The lowest BCUT2D eigenvalue weighted by Crippen LogP contribution is -2.46. The zero-order valence-corrected chi connectivity index (χ0v) is 32.7. The SMILES string of the molecule is CC.CC.CC.CC.CC.OCCCN1CCN(c2ccccc2)CC1.OCCOCCOc1cccc(OCCOc2ccccc2)c1. The highest BCUT2D eigenvalue weighted by molar-refractivity contribution is 5.46. The highest BCUT2D eigenvalue weighted by atomic mass is 16.5. The zero-order valence-electron chi connectivity index (χ0n) is 32.7. The van der Waals surface area contributed by atoms with E-state index in [2.05, 4.69) is 40.1 Å². The number of rotatable bonds is 15. The second-order valence-corrected chi connectivity index (χ2v) is 8.91. The van der Waals surface area contributed by atoms with Gasteiger partial charge in [-0.3, -0.25) is 4.90 Å². The summed E-state index contributed by atoms with van der Waals surface area (Å²) < 4.78 is 21.9. The van der Waals surface area contributed by atoms with Crippen LogP contribution in [0.4, 0.5) is 5.69 Å². The van der Waals surface area contributed by atoms with Crippen LogP contribution < -0.4 is 19.1 Å². The summed E-state index contributed by atoms with van der Waals surface area (Å²) in [6, 6.07) is 27.6. The van der Waals surface area contributed by atoms with E-state index in [-0.39, 0.29) is 6.61 Å². The fraction of sp³-hybridized carbons (Fsp3) is 0.561. The first kappa shape index (κ1) is 50.1. The minimum Gasteiger partial charge on any atom is -0.491 e. The molecule has 0 aliphatic carbocycles. The topological polar surface area (TPSA) is 83.9 Å². The van der Waals surface area contributed by atoms with E-state index in [1.807, 2.05) is 124 Å². The Morgan fingerprint density at radius 1 is 0.490 bits per heavy atom. The number of anilines is 1. The summed E-state index contributed by atoms with van der Waals surface area (Å²) in [5, 5.41) is 17.4. The number of aliphatic hydroxyl groups is 2. The van der Waals surface area contributed by atoms with Crippen molar-refractivity contribution in [3.05, 3.63) is 84.9 Å². The third-order valence-electron chi connectivity index (χ3n) is 6.03. The molecule has 0 radical (unpaired) electrons. The molecule has 0 amide bonds. The average molecular weight is 689 g/mol. The number of hydrogen-bond donors (Lipinski definition) is 2. The molecule has 1 aliphatic heterocycles. The Morgan fingerprint density at radius 2 is 0.939 bits per heavy atom. The Kier molecular flexibility index (Phi) is 41.8. The maximum Gasteiger partial charge on any atom is 0.123 e. The Labute approximate surface area is 301 Å². The van der Waals surface area contributed by atoms with E-state index in [0.717, 1.165) is 56.4 Å². The number of piperazine rings is 1. The molecular formula is C41H72N2O6. The second kappa shape index (κ2) is 40.9. The highest BCUT2D eigenvalue weighted by Gasteiger charge is 2.16. The van der Waals surface area contributed by atoms with Crippen LogP contribution in [0.5, 0.6) is 17.2 Å². The Bertz CT molecular complexity index is 1000. The minimum absolute atomic E-state index is 0.0222. The highest BCUT2D eigenvalue weighted by Crippen LogP contribution is 2.19. The number of hydrogen-bond acceptors (Lipinski definition) is 8. The second-order valence-electron chi connectivity index (χ2n) is 8.91. The molecule has 282 valence electrons. The maximum atomic E-state index is 8.79. The molecule has 3 aromatic rings. The lowest BCUT2D eigenvalue weighted by molar-refractivity contribution is 0.0704. The quantitative estimate of drug-likeness (QED) is 0.153. The largest absolute Gasteiger partial charge is 0.491 e. The number of nitrogens with zero attached hydrogens (tertiary/aromatic N) is 2. The number of benzene rings is 3. The molecule has 0 spiro atoms. The molecule has 8 heteroatoms. The third kappa shape index (κ3) is 27.2. The molecule has 1 fully saturated rings. The standard InChI is InChI=1S/C18H22O5.C13H20N2O.5C2H6/c19-9-10-20-11-12-22-17-7-4-8-18(15-17)23-14-13-21-16-5-2-1-3-6-16;16-12-4-7-14-8-10-15(11-9-14)13-5-2-1-3-6-13;5*1-2/h1-8,15,19H,9-14H2;1-3,5-6,16H,4,7-12H2;5*1-2H3. The van der Waals surface area contributed by atoms with Gasteiger partial charge in [-0.25, -0.2) is 0 Å². The molecule has 49 heavy (non-hydrogen) atoms. The van der Waals surface area contributed by atoms with Crippen LogP contribution in [0.3, 0.4) is 0 Å². The van der Waals surface area contributed by atoms with E-state index in [0.29, 0.717) is 39.6 Å². The van der Waals surface area contributed by atoms with Crippen LogP contribution in [-0.4, -0.2) is 94.1 Å². The van der Waals surface area contributed by atoms with Gasteiger partial charge in [-0.05, 0) is 42.8 Å². The molecule has 8 nitrogen and oxygen atoms in total. The molecule has 0 aromatic heterocycles. The van der Waals surface area contributed by atoms with E-state index >= 15 is 0 Å². The number of aliphatic hydroxyl groups excluding tert-OH is 2. The molecule has 2 N–H and O–H groups in total. The first-order valence-electron chi connectivity index (χ1n) is 18.6. The van der Waals surface area contributed by atoms with E-state index in [1.54, 1.807) is 0 Å². The van der Waals surface area contributed by atoms with Gasteiger partial charge in [0.15, 0.2) is 0 Å². The smallest absolute Gasteiger partial charge is 0.123 e. The molecule has 0 atom stereocenters. The number of para-hydroxylation sites is 2. The van der Waals surface area contributed by atoms with Gasteiger partial charge in [-0.15, -0.1) is 0 Å². The van der Waals surface area contributed by atoms with Crippen molar-refractivity contribution in [2.75, 3.05) is 83.9 Å². The van der Waals surface area contributed by atoms with Crippen LogP contribution in [0.2, 0.25) is 0 Å². The summed E-state index contributed by atoms with van der Waals surface area (Å²) >= 11 is 0. The summed E-state index contributed by atoms with van der Waals surface area (Å²) in [5.74, 6) is 2.28. The normalized spacial score (nSPS) is 11.2. The summed E-state index contributed by atoms with van der Waals surface area (Å²) in [6.07, 6.45) is 0.894. The molecule has 0 unspecified atom stereocenters. The van der Waals surface area contributed by atoms with Crippen LogP contribution in [0, 0.1) is 0 Å². The lowest BCUT2D eigenvalue weighted by atomic mass is 10.2. The van der Waals surface area contributed by atoms with Crippen molar-refractivity contribution in [1.82, 2.24) is 4.90 Å². The van der Waals surface area contributed by atoms with E-state index < -0.39 is 0 Å². The number of ether oxygens (including phenoxy) is 4. The third-order valence-corrected chi connectivity index (χ3v) is 6.03. The van der Waals surface area contributed by atoms with Crippen molar-refractivity contribution < 1.29 is 29.2 Å². The van der Waals surface area contributed by atoms with Crippen molar-refractivity contribution in [3.8, 4) is 17.2 Å². The van der Waals surface area contributed by atoms with Gasteiger partial charge in [0, 0.05) is 51.1 Å². The van der Waals surface area contributed by atoms with Crippen molar-refractivity contribution in [2.45, 2.75) is 75.7 Å². The van der Waals surface area contributed by atoms with Crippen molar-refractivity contribution in [2.24, 2.45) is 0 Å². The van der Waals surface area contributed by atoms with Crippen molar-refractivity contribution in [3.63, 3.8) is 0 Å². The Balaban J connectivity index is -0.000000711. The fourth-order valence-electron chi connectivity index (χ4n) is 4.04. The van der Waals surface area contributed by atoms with Gasteiger partial charge in [0.05, 0.1) is 19.8 Å². The van der Waals surface area contributed by atoms with Gasteiger partial charge in [0.2, 0.25) is 0 Å². The summed E-state index contributed by atoms with van der Waals surface area (Å²) in [6.45, 7) is 27.9. The fourth-order valence-corrected chi connectivity index (χ4v) is 4.04. The van der Waals surface area contributed by atoms with Crippen molar-refractivity contribution >= 4 is 5.69 Å². The average Bonchev–Trinajstić information content (AvgIpc) is 3.21. The van der Waals surface area contributed by atoms with Gasteiger partial charge in [-0.1, -0.05) is 112 Å². The molecule has 0 saturated carbocycles. The van der Waals surface area contributed by atoms with E-state index in [4.69, 9.17) is 29.2 Å². The van der Waals surface area contributed by atoms with Crippen LogP contribution in [0.1, 0.15) is 75.7 Å². The van der Waals surface area contributed by atoms with Gasteiger partial charge in [0.25, 0.3) is 0 Å². The first-order chi connectivity index (χ1) is 24.3. The summed E-state index contributed by atoms with van der Waals surface area (Å²) in [7, 11) is 0. The molecular weight excluding hydrogens is 616 g/mol. The molecule has 1 aliphatic rings. The van der Waals surface area contributed by atoms with E-state index in [9.17, 15) is 0 Å². The Morgan fingerprint density at radius 3 is 1.43 bits per heavy atom. The Hall–Kier alpha value is -3.30. The van der Waals surface area contributed by atoms with Crippen LogP contribution >= 0.6 is 0 Å². The minimum atomic E-state index is 0.0222. The molecule has 0 bridgehead atoms.